The first-order chi connectivity index (χ1) is 33.2. The maximum atomic E-state index is 6.65. The second-order valence-corrected chi connectivity index (χ2v) is 18.4. The van der Waals surface area contributed by atoms with E-state index in [1.54, 1.807) is 0 Å². The Morgan fingerprint density at radius 1 is 0.353 bits per heavy atom. The van der Waals surface area contributed by atoms with E-state index in [0.717, 1.165) is 66.5 Å². The Labute approximate surface area is 396 Å². The van der Waals surface area contributed by atoms with Gasteiger partial charge < -0.3 is 8.98 Å². The van der Waals surface area contributed by atoms with Gasteiger partial charge in [-0.2, -0.15) is 0 Å². The summed E-state index contributed by atoms with van der Waals surface area (Å²) in [7, 11) is 0. The molecule has 0 radical (unpaired) electrons. The van der Waals surface area contributed by atoms with E-state index in [-0.39, 0.29) is 0 Å². The van der Waals surface area contributed by atoms with Gasteiger partial charge in [-0.15, -0.1) is 0 Å². The summed E-state index contributed by atoms with van der Waals surface area (Å²) >= 11 is 0. The number of aryl methyl sites for hydroxylation is 6. The lowest BCUT2D eigenvalue weighted by molar-refractivity contribution is 0.670. The second-order valence-electron chi connectivity index (χ2n) is 18.4. The van der Waals surface area contributed by atoms with Crippen LogP contribution in [0.2, 0.25) is 0 Å². The van der Waals surface area contributed by atoms with Crippen LogP contribution >= 0.6 is 0 Å². The van der Waals surface area contributed by atoms with Crippen LogP contribution in [-0.4, -0.2) is 19.5 Å². The Hall–Kier alpha value is -8.41. The second kappa shape index (κ2) is 16.2. The van der Waals surface area contributed by atoms with Crippen LogP contribution in [0.1, 0.15) is 33.4 Å². The average Bonchev–Trinajstić information content (AvgIpc) is 3.89. The highest BCUT2D eigenvalue weighted by Crippen LogP contribution is 2.44. The molecule has 0 saturated carbocycles. The van der Waals surface area contributed by atoms with Gasteiger partial charge in [0.2, 0.25) is 0 Å². The minimum atomic E-state index is 0.575. The number of rotatable bonds is 7. The number of hydrogen-bond donors (Lipinski definition) is 0. The molecule has 0 aliphatic rings. The van der Waals surface area contributed by atoms with Crippen LogP contribution in [0.4, 0.5) is 0 Å². The molecule has 0 aliphatic carbocycles. The number of fused-ring (bicyclic) bond motifs is 6. The Kier molecular flexibility index (Phi) is 9.77. The van der Waals surface area contributed by atoms with Gasteiger partial charge in [0.25, 0.3) is 0 Å². The summed E-state index contributed by atoms with van der Waals surface area (Å²) in [4.78, 5) is 15.8. The van der Waals surface area contributed by atoms with Crippen molar-refractivity contribution in [2.45, 2.75) is 41.5 Å². The smallest absolute Gasteiger partial charge is 0.166 e. The molecule has 0 atom stereocenters. The van der Waals surface area contributed by atoms with Crippen LogP contribution in [0.3, 0.4) is 0 Å². The molecule has 9 aromatic carbocycles. The molecule has 0 aliphatic heterocycles. The molecular weight excluding hydrogens is 829 g/mol. The van der Waals surface area contributed by atoms with Gasteiger partial charge in [0, 0.05) is 43.8 Å². The van der Waals surface area contributed by atoms with Gasteiger partial charge in [-0.25, -0.2) is 15.0 Å². The largest absolute Gasteiger partial charge is 0.455 e. The summed E-state index contributed by atoms with van der Waals surface area (Å²) in [5, 5.41) is 4.52. The molecule has 326 valence electrons. The summed E-state index contributed by atoms with van der Waals surface area (Å²) in [6.45, 7) is 13.3. The van der Waals surface area contributed by atoms with Gasteiger partial charge in [-0.3, -0.25) is 0 Å². The molecule has 0 unspecified atom stereocenters. The monoisotopic (exact) mass is 876 g/mol. The first-order valence-electron chi connectivity index (χ1n) is 23.3. The third kappa shape index (κ3) is 6.89. The number of nitrogens with zero attached hydrogens (tertiary/aromatic N) is 4. The molecule has 0 bridgehead atoms. The third-order valence-corrected chi connectivity index (χ3v) is 13.6. The summed E-state index contributed by atoms with van der Waals surface area (Å²) in [5.41, 5.74) is 22.1. The molecule has 0 N–H and O–H groups in total. The molecule has 0 fully saturated rings. The highest BCUT2D eigenvalue weighted by molar-refractivity contribution is 6.13. The van der Waals surface area contributed by atoms with Crippen molar-refractivity contribution in [1.82, 2.24) is 19.5 Å². The van der Waals surface area contributed by atoms with E-state index in [1.165, 1.54) is 66.4 Å². The minimum Gasteiger partial charge on any atom is -0.455 e. The number of furan rings is 1. The maximum Gasteiger partial charge on any atom is 0.166 e. The molecule has 12 rings (SSSR count). The summed E-state index contributed by atoms with van der Waals surface area (Å²) in [6, 6.07) is 64.9. The van der Waals surface area contributed by atoms with Crippen molar-refractivity contribution in [2.24, 2.45) is 0 Å². The molecule has 0 amide bonds. The fourth-order valence-corrected chi connectivity index (χ4v) is 10.8. The zero-order chi connectivity index (χ0) is 46.2. The minimum absolute atomic E-state index is 0.575. The number of aromatic nitrogens is 4. The number of hydrogen-bond acceptors (Lipinski definition) is 4. The maximum absolute atomic E-state index is 6.65. The van der Waals surface area contributed by atoms with E-state index in [0.29, 0.717) is 17.5 Å². The van der Waals surface area contributed by atoms with Gasteiger partial charge in [0.15, 0.2) is 17.5 Å². The van der Waals surface area contributed by atoms with Crippen molar-refractivity contribution in [3.05, 3.63) is 215 Å². The normalized spacial score (nSPS) is 11.7. The lowest BCUT2D eigenvalue weighted by Gasteiger charge is -2.17. The van der Waals surface area contributed by atoms with E-state index in [4.69, 9.17) is 19.4 Å². The predicted octanol–water partition coefficient (Wildman–Crippen LogP) is 16.7. The molecule has 12 aromatic rings. The zero-order valence-corrected chi connectivity index (χ0v) is 39.0. The molecule has 0 saturated heterocycles. The molecule has 3 heterocycles. The van der Waals surface area contributed by atoms with E-state index >= 15 is 0 Å². The Morgan fingerprint density at radius 3 is 1.40 bits per heavy atom. The van der Waals surface area contributed by atoms with E-state index < -0.39 is 0 Å². The van der Waals surface area contributed by atoms with E-state index in [9.17, 15) is 0 Å². The quantitative estimate of drug-likeness (QED) is 0.160. The highest BCUT2D eigenvalue weighted by Gasteiger charge is 2.23. The van der Waals surface area contributed by atoms with Crippen LogP contribution < -0.4 is 0 Å². The van der Waals surface area contributed by atoms with Crippen molar-refractivity contribution < 1.29 is 4.42 Å². The number of benzene rings is 9. The van der Waals surface area contributed by atoms with E-state index in [2.05, 4.69) is 180 Å². The van der Waals surface area contributed by atoms with Crippen molar-refractivity contribution >= 4 is 43.7 Å². The Balaban J connectivity index is 1.17. The zero-order valence-electron chi connectivity index (χ0n) is 39.0. The average molecular weight is 877 g/mol. The SMILES string of the molecule is Cc1cc(C)c(-c2ccc3c(c2)c2cc(-c4c(C)cc(C)cc4C)ccc2n3-c2ccc(-c3cccc4c3oc3ccccc34)cc2-c2nc(-c3ccccc3)nc(-c3ccccc3)n2)c(C)c1. The first-order valence-corrected chi connectivity index (χ1v) is 23.3. The summed E-state index contributed by atoms with van der Waals surface area (Å²) < 4.78 is 9.06. The van der Waals surface area contributed by atoms with Crippen LogP contribution in [0.25, 0.3) is 117 Å². The Bertz CT molecular complexity index is 3750. The topological polar surface area (TPSA) is 56.7 Å². The van der Waals surface area contributed by atoms with Gasteiger partial charge >= 0.3 is 0 Å². The fourth-order valence-electron chi connectivity index (χ4n) is 10.8. The summed E-state index contributed by atoms with van der Waals surface area (Å²) in [5.74, 6) is 1.79. The van der Waals surface area contributed by atoms with Crippen molar-refractivity contribution in [3.63, 3.8) is 0 Å². The van der Waals surface area contributed by atoms with Gasteiger partial charge in [0.1, 0.15) is 11.2 Å². The first kappa shape index (κ1) is 41.1. The predicted molar refractivity (Wildman–Crippen MR) is 282 cm³/mol. The molecule has 0 spiro atoms. The standard InChI is InChI=1S/C63H48N4O/c1-37-30-39(3)58(40(4)31-37)46-25-28-54-51(35-46)52-36-47(59-41(5)32-38(2)33-42(59)6)26-29-55(52)67(54)56-27-24-45(48-21-15-22-50-49-20-13-14-23-57(49)68-60(48)50)34-53(56)63-65-61(43-16-9-7-10-17-43)64-62(66-63)44-18-11-8-12-19-44/h7-36H,1-6H3. The Morgan fingerprint density at radius 2 is 0.838 bits per heavy atom. The fraction of sp³-hybridized carbons (Fsp3) is 0.0952. The van der Waals surface area contributed by atoms with Crippen molar-refractivity contribution in [3.8, 4) is 73.2 Å². The van der Waals surface area contributed by atoms with Crippen LogP contribution in [-0.2, 0) is 0 Å². The third-order valence-electron chi connectivity index (χ3n) is 13.6. The highest BCUT2D eigenvalue weighted by atomic mass is 16.3. The molecule has 5 nitrogen and oxygen atoms in total. The van der Waals surface area contributed by atoms with Gasteiger partial charge in [0.05, 0.1) is 16.7 Å². The molecular formula is C63H48N4O. The lowest BCUT2D eigenvalue weighted by atomic mass is 9.91. The van der Waals surface area contributed by atoms with E-state index in [1.807, 2.05) is 48.5 Å². The molecule has 3 aromatic heterocycles. The molecule has 68 heavy (non-hydrogen) atoms. The van der Waals surface area contributed by atoms with Crippen molar-refractivity contribution in [1.29, 1.82) is 0 Å². The van der Waals surface area contributed by atoms with Crippen LogP contribution in [0.5, 0.6) is 0 Å². The van der Waals surface area contributed by atoms with Gasteiger partial charge in [-0.1, -0.05) is 151 Å². The van der Waals surface area contributed by atoms with Gasteiger partial charge in [-0.05, 0) is 134 Å². The lowest BCUT2D eigenvalue weighted by Crippen LogP contribution is -2.04. The van der Waals surface area contributed by atoms with Crippen LogP contribution in [0, 0.1) is 41.5 Å². The molecule has 5 heteroatoms. The van der Waals surface area contributed by atoms with Crippen LogP contribution in [0.15, 0.2) is 186 Å². The number of para-hydroxylation sites is 2. The van der Waals surface area contributed by atoms with Crippen molar-refractivity contribution in [2.75, 3.05) is 0 Å². The summed E-state index contributed by atoms with van der Waals surface area (Å²) in [6.07, 6.45) is 0.